The fraction of sp³-hybridized carbons (Fsp3) is 0.556. The van der Waals surface area contributed by atoms with Gasteiger partial charge in [-0.3, -0.25) is 88.4 Å². The molecular formula is C54H69F2N22O30P5S2. The van der Waals surface area contributed by atoms with Crippen LogP contribution in [0.3, 0.4) is 0 Å². The van der Waals surface area contributed by atoms with Gasteiger partial charge in [0.05, 0.1) is 57.8 Å². The molecule has 5 fully saturated rings. The van der Waals surface area contributed by atoms with Crippen LogP contribution in [-0.2, 0) is 109 Å². The van der Waals surface area contributed by atoms with Crippen LogP contribution in [0.2, 0.25) is 0 Å². The van der Waals surface area contributed by atoms with Crippen LogP contribution in [0.25, 0.3) is 44.7 Å². The number of fused-ring (bicyclic) bond motifs is 4. The topological polar surface area (TPSA) is 700 Å². The summed E-state index contributed by atoms with van der Waals surface area (Å²) in [6.07, 6.45) is -29.8. The van der Waals surface area contributed by atoms with Crippen LogP contribution in [-0.4, -0.2) is 265 Å². The summed E-state index contributed by atoms with van der Waals surface area (Å²) < 4.78 is 195. The number of aliphatic hydroxyl groups excluding tert-OH is 1. The van der Waals surface area contributed by atoms with Crippen LogP contribution in [0.1, 0.15) is 37.6 Å². The van der Waals surface area contributed by atoms with Crippen molar-refractivity contribution in [2.75, 3.05) is 84.0 Å². The minimum atomic E-state index is -5.83. The zero-order valence-corrected chi connectivity index (χ0v) is 65.4. The lowest BCUT2D eigenvalue weighted by molar-refractivity contribution is -0.0640. The molecule has 52 nitrogen and oxygen atoms in total. The Hall–Kier alpha value is -7.42. The number of aromatic nitrogens is 18. The van der Waals surface area contributed by atoms with Crippen LogP contribution in [0.15, 0.2) is 69.4 Å². The van der Waals surface area contributed by atoms with Crippen LogP contribution in [0, 0.1) is 0 Å². The Balaban J connectivity index is 0.721. The second-order valence-corrected chi connectivity index (χ2v) is 36.6. The Morgan fingerprint density at radius 3 is 1.37 bits per heavy atom. The molecule has 25 atom stereocenters. The zero-order valence-electron chi connectivity index (χ0n) is 59.2. The van der Waals surface area contributed by atoms with Crippen molar-refractivity contribution in [3.8, 4) is 0 Å². The number of anilines is 4. The van der Waals surface area contributed by atoms with Crippen molar-refractivity contribution in [1.82, 2.24) is 87.6 Å². The van der Waals surface area contributed by atoms with Gasteiger partial charge in [0.15, 0.2) is 88.7 Å². The van der Waals surface area contributed by atoms with E-state index < -0.39 is 244 Å². The molecular weight excluding hydrogens is 1690 g/mol. The molecule has 0 amide bonds. The number of hydrogen-bond donors (Lipinski definition) is 13. The summed E-state index contributed by atoms with van der Waals surface area (Å²) in [5.74, 6) is -1.10. The number of aromatic amines is 3. The number of nitrogens with two attached hydrogens (primary N) is 4. The molecule has 626 valence electrons. The molecule has 9 aromatic rings. The molecule has 5 aliphatic rings. The Kier molecular flexibility index (Phi) is 24.2. The highest BCUT2D eigenvalue weighted by molar-refractivity contribution is 8.46. The lowest BCUT2D eigenvalue weighted by Crippen LogP contribution is -2.39. The first-order valence-electron chi connectivity index (χ1n) is 33.4. The Bertz CT molecular complexity index is 5640. The maximum atomic E-state index is 17.6. The number of hydrogen-bond acceptors (Lipinski definition) is 41. The number of methoxy groups -OCH3 is 3. The van der Waals surface area contributed by atoms with Crippen molar-refractivity contribution in [2.24, 2.45) is 0 Å². The van der Waals surface area contributed by atoms with E-state index in [1.807, 2.05) is 0 Å². The van der Waals surface area contributed by atoms with Crippen molar-refractivity contribution in [1.29, 1.82) is 0 Å². The summed E-state index contributed by atoms with van der Waals surface area (Å²) in [6, 6.07) is 1.01. The van der Waals surface area contributed by atoms with Crippen molar-refractivity contribution in [3.05, 3.63) is 91.8 Å². The Labute approximate surface area is 649 Å². The molecule has 14 heterocycles. The number of rotatable bonds is 32. The van der Waals surface area contributed by atoms with E-state index in [1.54, 1.807) is 0 Å². The van der Waals surface area contributed by atoms with Gasteiger partial charge >= 0.3 is 35.9 Å². The number of nitrogens with one attached hydrogen (secondary N) is 3. The van der Waals surface area contributed by atoms with E-state index in [2.05, 4.69) is 81.6 Å². The molecule has 16 N–H and O–H groups in total. The van der Waals surface area contributed by atoms with E-state index in [9.17, 15) is 62.1 Å². The number of nitrogens with zero attached hydrogens (tertiary/aromatic N) is 15. The maximum absolute atomic E-state index is 17.6. The monoisotopic (exact) mass is 1760 g/mol. The summed E-state index contributed by atoms with van der Waals surface area (Å²) in [5.41, 5.74) is 19.1. The SMILES string of the molecule is CO[C@H]1C(OP(=O)(S)CC[C@H]2O[C@@H](n3cnc4c(=O)[nH]c(N)nc43)[C@@H](F)C2OP(O)(=S)OC[C@H]2O[C@@H](n3cnc4c(N)ncnc43)[C@@H](OC)C2OP(=O)(O)OC[C@H]2O[C@@H](n3cnc4c(=O)[nH]c(N)nc43)[C@@H](F)C2OP(=O)(O)OC[C@H]2O[C@@H](n3cnc4c(N)ncnc43)[C@@H](OC)C2OP(=O)(O)OC)[C@@H](CO)O[C@H]1n1ccc(=O)[nH]c1=O. The first-order chi connectivity index (χ1) is 54.5. The molecule has 115 heavy (non-hydrogen) atoms. The highest BCUT2D eigenvalue weighted by Crippen LogP contribution is 2.59. The molecule has 0 aliphatic carbocycles. The molecule has 5 saturated heterocycles. The number of ether oxygens (including phenoxy) is 8. The molecule has 61 heteroatoms. The van der Waals surface area contributed by atoms with Gasteiger partial charge in [-0.1, -0.05) is 12.2 Å². The van der Waals surface area contributed by atoms with Crippen LogP contribution in [0.5, 0.6) is 0 Å². The van der Waals surface area contributed by atoms with Crippen LogP contribution in [0.4, 0.5) is 32.3 Å². The number of H-pyrrole nitrogens is 3. The van der Waals surface area contributed by atoms with Gasteiger partial charge in [-0.2, -0.15) is 9.97 Å². The smallest absolute Gasteiger partial charge is 0.394 e. The normalized spacial score (nSPS) is 31.2. The molecule has 10 unspecified atom stereocenters. The Morgan fingerprint density at radius 1 is 0.496 bits per heavy atom. The van der Waals surface area contributed by atoms with E-state index in [1.165, 1.54) is 22.6 Å². The van der Waals surface area contributed by atoms with Crippen molar-refractivity contribution < 1.29 is 130 Å². The van der Waals surface area contributed by atoms with Gasteiger partial charge < -0.3 is 94.6 Å². The largest absolute Gasteiger partial charge is 0.472 e. The van der Waals surface area contributed by atoms with Crippen LogP contribution < -0.4 is 45.3 Å². The van der Waals surface area contributed by atoms with E-state index in [-0.39, 0.29) is 45.1 Å². The average Bonchev–Trinajstić information content (AvgIpc) is 1.63. The van der Waals surface area contributed by atoms with Gasteiger partial charge in [-0.15, -0.1) is 0 Å². The lowest BCUT2D eigenvalue weighted by atomic mass is 10.1. The lowest BCUT2D eigenvalue weighted by Gasteiger charge is -2.28. The fourth-order valence-electron chi connectivity index (χ4n) is 13.6. The average molecular weight is 1760 g/mol. The number of alkyl halides is 2. The minimum absolute atomic E-state index is 0.0117. The molecule has 0 spiro atoms. The number of halogens is 2. The minimum Gasteiger partial charge on any atom is -0.394 e. The first kappa shape index (κ1) is 84.0. The fourth-order valence-corrected chi connectivity index (χ4v) is 19.6. The predicted molar refractivity (Wildman–Crippen MR) is 386 cm³/mol. The number of thiol groups is 1. The summed E-state index contributed by atoms with van der Waals surface area (Å²) in [7, 11) is -12.3. The number of imidazole rings is 4. The van der Waals surface area contributed by atoms with Gasteiger partial charge in [0.1, 0.15) is 96.9 Å². The van der Waals surface area contributed by atoms with Gasteiger partial charge in [-0.05, 0) is 18.2 Å². The summed E-state index contributed by atoms with van der Waals surface area (Å²) >= 11 is 9.86. The summed E-state index contributed by atoms with van der Waals surface area (Å²) in [4.78, 5) is 144. The third-order valence-corrected chi connectivity index (χ3v) is 25.5. The van der Waals surface area contributed by atoms with Gasteiger partial charge in [0.2, 0.25) is 11.9 Å². The zero-order chi connectivity index (χ0) is 82.3. The predicted octanol–water partition coefficient (Wildman–Crippen LogP) is -1.33. The first-order valence-corrected chi connectivity index (χ1v) is 43.5. The molecule has 0 saturated carbocycles. The van der Waals surface area contributed by atoms with E-state index in [4.69, 9.17) is 109 Å². The molecule has 9 aromatic heterocycles. The van der Waals surface area contributed by atoms with Crippen molar-refractivity contribution >= 4 is 129 Å². The summed E-state index contributed by atoms with van der Waals surface area (Å²) in [6.45, 7) is -13.7. The molecule has 5 aliphatic heterocycles. The highest BCUT2D eigenvalue weighted by Gasteiger charge is 2.58. The molecule has 0 bridgehead atoms. The quantitative estimate of drug-likeness (QED) is 0.0171. The number of phosphoric ester groups is 3. The Morgan fingerprint density at radius 2 is 0.896 bits per heavy atom. The summed E-state index contributed by atoms with van der Waals surface area (Å²) in [5, 5.41) is 10.4. The third kappa shape index (κ3) is 17.0. The second kappa shape index (κ2) is 33.1. The van der Waals surface area contributed by atoms with Gasteiger partial charge in [0, 0.05) is 46.9 Å². The third-order valence-electron chi connectivity index (χ3n) is 18.7. The van der Waals surface area contributed by atoms with E-state index in [0.717, 1.165) is 78.9 Å². The van der Waals surface area contributed by atoms with E-state index in [0.29, 0.717) is 0 Å². The highest BCUT2D eigenvalue weighted by atomic mass is 32.7. The van der Waals surface area contributed by atoms with Gasteiger partial charge in [0.25, 0.3) is 23.2 Å². The number of phosphoric acid groups is 3. The second-order valence-electron chi connectivity index (χ2n) is 25.7. The molecule has 0 aromatic carbocycles. The maximum Gasteiger partial charge on any atom is 0.472 e. The molecule has 0 radical (unpaired) electrons. The number of nitrogen functional groups attached to an aromatic ring is 4. The van der Waals surface area contributed by atoms with Crippen molar-refractivity contribution in [2.45, 2.75) is 129 Å². The van der Waals surface area contributed by atoms with Gasteiger partial charge in [-0.25, -0.2) is 67.1 Å². The van der Waals surface area contributed by atoms with Crippen LogP contribution >= 0.6 is 49.0 Å². The standard InChI is InChI=1S/C54H69F2N22O30P5S2/c1-92-36-33(20(9-79)100-49(36)74-7-5-24(80)69-54(74)83)104-109(84,114)8-6-19-31(25(55)47(99-19)77-17-67-29-43(77)70-52(59)72-45(29)81)108-113(91,115)98-12-23-35(38(94-3)51(103-23)76-16-66-28-40(58)62-14-64-42(28)76)107-112(89,90)96-10-21-32(26(56)48(101-21)78-18-68-30-44(78)71-53(60)73-46(30)82)105-111(87,88)97-11-22-34(106-110(85,86)95-4)37(93-2)50(102-22)75-15-65-27-39(57)61-13-63-41(27)75/h5,7,13-23,25-26,31-38,47-51,79H,6,8-12H2,1-4H3,(H,84,114)(H,85,86)(H,87,88)(H,89,90)(H,91,115)(H2,57,61,63)(H2,58,62,64)(H,69,80,83)(H3,59,70,72,81)(H3,60,71,73,82)/t19-,20-,21-,22-,23-,25+,26+,31?,32?,33?,34?,35?,36+,37+,38+,47-,48-,49-,50-,51-,109?,113?/m1/s1. The van der Waals surface area contributed by atoms with E-state index >= 15 is 8.78 Å². The molecule has 14 rings (SSSR count). The number of aliphatic hydroxyl groups is 1. The van der Waals surface area contributed by atoms with Crippen molar-refractivity contribution in [3.63, 3.8) is 0 Å².